The number of hydrogen-bond acceptors (Lipinski definition) is 3. The lowest BCUT2D eigenvalue weighted by Crippen LogP contribution is -2.01. The summed E-state index contributed by atoms with van der Waals surface area (Å²) >= 11 is 0. The zero-order valence-electron chi connectivity index (χ0n) is 7.06. The molecular weight excluding hydrogens is 164 g/mol. The zero-order chi connectivity index (χ0) is 9.26. The minimum absolute atomic E-state index is 0.239. The maximum absolute atomic E-state index is 8.79. The second-order valence-electron chi connectivity index (χ2n) is 3.26. The van der Waals surface area contributed by atoms with E-state index in [1.54, 1.807) is 10.9 Å². The van der Waals surface area contributed by atoms with Gasteiger partial charge in [-0.1, -0.05) is 0 Å². The number of hydrogen-bond donors (Lipinski definition) is 0. The van der Waals surface area contributed by atoms with Crippen molar-refractivity contribution in [3.63, 3.8) is 0 Å². The predicted molar refractivity (Wildman–Crippen MR) is 44.4 cm³/mol. The lowest BCUT2D eigenvalue weighted by atomic mass is 10.3. The Morgan fingerprint density at radius 1 is 1.46 bits per heavy atom. The first-order valence-electron chi connectivity index (χ1n) is 4.20. The fourth-order valence-corrected chi connectivity index (χ4v) is 1.30. The molecule has 0 aliphatic heterocycles. The van der Waals surface area contributed by atoms with E-state index in [9.17, 15) is 0 Å². The molecule has 0 N–H and O–H groups in total. The average Bonchev–Trinajstić information content (AvgIpc) is 2.85. The molecule has 0 atom stereocenters. The van der Waals surface area contributed by atoms with E-state index in [2.05, 4.69) is 4.98 Å². The fraction of sp³-hybridized carbons (Fsp3) is 0.444. The molecule has 1 aromatic rings. The van der Waals surface area contributed by atoms with Crippen molar-refractivity contribution in [2.45, 2.75) is 19.4 Å². The maximum atomic E-state index is 8.79. The van der Waals surface area contributed by atoms with Gasteiger partial charge < -0.3 is 4.57 Å². The van der Waals surface area contributed by atoms with Crippen LogP contribution in [0.5, 0.6) is 0 Å². The van der Waals surface area contributed by atoms with Gasteiger partial charge in [0.1, 0.15) is 12.1 Å². The van der Waals surface area contributed by atoms with E-state index in [0.29, 0.717) is 11.6 Å². The molecule has 64 valence electrons. The van der Waals surface area contributed by atoms with Crippen LogP contribution in [-0.2, 0) is 6.54 Å². The fourth-order valence-electron chi connectivity index (χ4n) is 1.30. The van der Waals surface area contributed by atoms with Crippen LogP contribution in [0.3, 0.4) is 0 Å². The van der Waals surface area contributed by atoms with Crippen LogP contribution in [-0.4, -0.2) is 9.55 Å². The Hall–Kier alpha value is -1.81. The maximum Gasteiger partial charge on any atom is 0.176 e. The molecule has 0 amide bonds. The quantitative estimate of drug-likeness (QED) is 0.669. The van der Waals surface area contributed by atoms with E-state index in [4.69, 9.17) is 10.5 Å². The van der Waals surface area contributed by atoms with Crippen LogP contribution in [0, 0.1) is 28.6 Å². The molecule has 1 aliphatic carbocycles. The van der Waals surface area contributed by atoms with Crippen LogP contribution in [0.15, 0.2) is 6.33 Å². The topological polar surface area (TPSA) is 65.4 Å². The molecule has 1 aromatic heterocycles. The minimum atomic E-state index is 0.239. The monoisotopic (exact) mass is 172 g/mol. The van der Waals surface area contributed by atoms with E-state index in [1.807, 2.05) is 12.1 Å². The Balaban J connectivity index is 2.30. The Bertz CT molecular complexity index is 400. The summed E-state index contributed by atoms with van der Waals surface area (Å²) < 4.78 is 1.77. The highest BCUT2D eigenvalue weighted by atomic mass is 15.1. The summed E-state index contributed by atoms with van der Waals surface area (Å²) in [6, 6.07) is 3.91. The molecule has 13 heavy (non-hydrogen) atoms. The number of nitriles is 2. The summed E-state index contributed by atoms with van der Waals surface area (Å²) in [5.74, 6) is 0.688. The third kappa shape index (κ3) is 1.39. The van der Waals surface area contributed by atoms with Crippen LogP contribution in [0.25, 0.3) is 0 Å². The number of rotatable bonds is 2. The van der Waals surface area contributed by atoms with Gasteiger partial charge in [-0.05, 0) is 18.8 Å². The van der Waals surface area contributed by atoms with Crippen LogP contribution in [0.2, 0.25) is 0 Å². The van der Waals surface area contributed by atoms with Crippen molar-refractivity contribution in [3.05, 3.63) is 17.7 Å². The molecule has 0 aromatic carbocycles. The summed E-state index contributed by atoms with van der Waals surface area (Å²) in [5.41, 5.74) is 0.637. The summed E-state index contributed by atoms with van der Waals surface area (Å²) in [5, 5.41) is 17.4. The van der Waals surface area contributed by atoms with E-state index in [1.165, 1.54) is 12.8 Å². The highest BCUT2D eigenvalue weighted by Crippen LogP contribution is 2.31. The summed E-state index contributed by atoms with van der Waals surface area (Å²) in [6.07, 6.45) is 4.03. The Kier molecular flexibility index (Phi) is 1.75. The van der Waals surface area contributed by atoms with Gasteiger partial charge in [0.15, 0.2) is 11.4 Å². The Morgan fingerprint density at radius 3 is 2.77 bits per heavy atom. The van der Waals surface area contributed by atoms with Gasteiger partial charge in [-0.25, -0.2) is 4.98 Å². The summed E-state index contributed by atoms with van der Waals surface area (Å²) in [7, 11) is 0. The van der Waals surface area contributed by atoms with Crippen molar-refractivity contribution in [3.8, 4) is 12.1 Å². The first kappa shape index (κ1) is 7.82. The van der Waals surface area contributed by atoms with Crippen molar-refractivity contribution >= 4 is 0 Å². The molecule has 0 radical (unpaired) electrons. The van der Waals surface area contributed by atoms with E-state index in [-0.39, 0.29) is 5.69 Å². The molecule has 1 fully saturated rings. The normalized spacial score (nSPS) is 14.9. The number of nitrogens with zero attached hydrogens (tertiary/aromatic N) is 4. The molecule has 2 rings (SSSR count). The highest BCUT2D eigenvalue weighted by Gasteiger charge is 2.23. The first-order valence-corrected chi connectivity index (χ1v) is 4.20. The SMILES string of the molecule is N#Cc1ncn(CC2CC2)c1C#N. The van der Waals surface area contributed by atoms with Crippen LogP contribution in [0.1, 0.15) is 24.2 Å². The van der Waals surface area contributed by atoms with Crippen LogP contribution >= 0.6 is 0 Å². The van der Waals surface area contributed by atoms with E-state index in [0.717, 1.165) is 6.54 Å². The van der Waals surface area contributed by atoms with Crippen LogP contribution < -0.4 is 0 Å². The molecule has 4 nitrogen and oxygen atoms in total. The molecular formula is C9H8N4. The van der Waals surface area contributed by atoms with Crippen molar-refractivity contribution in [1.29, 1.82) is 10.5 Å². The first-order chi connectivity index (χ1) is 6.35. The summed E-state index contributed by atoms with van der Waals surface area (Å²) in [4.78, 5) is 3.87. The number of imidazole rings is 1. The molecule has 1 heterocycles. The predicted octanol–water partition coefficient (Wildman–Crippen LogP) is 1.04. The smallest absolute Gasteiger partial charge is 0.176 e. The Morgan fingerprint density at radius 2 is 2.23 bits per heavy atom. The Labute approximate surface area is 76.0 Å². The molecule has 0 bridgehead atoms. The molecule has 1 saturated carbocycles. The van der Waals surface area contributed by atoms with Crippen molar-refractivity contribution in [2.75, 3.05) is 0 Å². The van der Waals surface area contributed by atoms with Gasteiger partial charge in [0.2, 0.25) is 0 Å². The lowest BCUT2D eigenvalue weighted by Gasteiger charge is -1.99. The van der Waals surface area contributed by atoms with Gasteiger partial charge in [0.25, 0.3) is 0 Å². The second-order valence-corrected chi connectivity index (χ2v) is 3.26. The van der Waals surface area contributed by atoms with E-state index < -0.39 is 0 Å². The largest absolute Gasteiger partial charge is 0.321 e. The van der Waals surface area contributed by atoms with Gasteiger partial charge in [-0.15, -0.1) is 0 Å². The number of aromatic nitrogens is 2. The third-order valence-electron chi connectivity index (χ3n) is 2.20. The third-order valence-corrected chi connectivity index (χ3v) is 2.20. The average molecular weight is 172 g/mol. The molecule has 0 saturated heterocycles. The minimum Gasteiger partial charge on any atom is -0.321 e. The van der Waals surface area contributed by atoms with Crippen molar-refractivity contribution < 1.29 is 0 Å². The second kappa shape index (κ2) is 2.91. The van der Waals surface area contributed by atoms with Crippen molar-refractivity contribution in [1.82, 2.24) is 9.55 Å². The lowest BCUT2D eigenvalue weighted by molar-refractivity contribution is 0.621. The molecule has 1 aliphatic rings. The van der Waals surface area contributed by atoms with Gasteiger partial charge in [0, 0.05) is 6.54 Å². The standard InChI is InChI=1S/C9H8N4/c10-3-8-9(4-11)13(6-12-8)5-7-1-2-7/h6-7H,1-2,5H2. The van der Waals surface area contributed by atoms with Crippen molar-refractivity contribution in [2.24, 2.45) is 5.92 Å². The molecule has 0 unspecified atom stereocenters. The zero-order valence-corrected chi connectivity index (χ0v) is 7.06. The van der Waals surface area contributed by atoms with E-state index >= 15 is 0 Å². The summed E-state index contributed by atoms with van der Waals surface area (Å²) in [6.45, 7) is 0.831. The van der Waals surface area contributed by atoms with Crippen LogP contribution in [0.4, 0.5) is 0 Å². The molecule has 4 heteroatoms. The van der Waals surface area contributed by atoms with Gasteiger partial charge in [0.05, 0.1) is 6.33 Å². The van der Waals surface area contributed by atoms with Gasteiger partial charge >= 0.3 is 0 Å². The highest BCUT2D eigenvalue weighted by molar-refractivity contribution is 5.36. The van der Waals surface area contributed by atoms with Gasteiger partial charge in [-0.2, -0.15) is 10.5 Å². The molecule has 0 spiro atoms. The van der Waals surface area contributed by atoms with Gasteiger partial charge in [-0.3, -0.25) is 0 Å².